The molecule has 0 bridgehead atoms. The van der Waals surface area contributed by atoms with Gasteiger partial charge in [0.05, 0.1) is 5.41 Å². The van der Waals surface area contributed by atoms with E-state index in [0.717, 1.165) is 28.5 Å². The molecule has 0 aliphatic rings. The lowest BCUT2D eigenvalue weighted by Crippen LogP contribution is -2.28. The van der Waals surface area contributed by atoms with Gasteiger partial charge >= 0.3 is 0 Å². The van der Waals surface area contributed by atoms with Crippen molar-refractivity contribution in [1.82, 2.24) is 4.57 Å². The first-order chi connectivity index (χ1) is 14.0. The van der Waals surface area contributed by atoms with Crippen molar-refractivity contribution in [3.8, 4) is 5.69 Å². The molecule has 0 amide bonds. The van der Waals surface area contributed by atoms with Gasteiger partial charge in [-0.05, 0) is 54.1 Å². The molecule has 0 saturated carbocycles. The molecule has 1 unspecified atom stereocenters. The highest BCUT2D eigenvalue weighted by Gasteiger charge is 2.28. The molecule has 3 aromatic carbocycles. The number of rotatable bonds is 5. The second kappa shape index (κ2) is 7.69. The number of pyridine rings is 1. The summed E-state index contributed by atoms with van der Waals surface area (Å²) in [7, 11) is 0. The summed E-state index contributed by atoms with van der Waals surface area (Å²) in [6, 6.07) is 24.5. The van der Waals surface area contributed by atoms with Crippen molar-refractivity contribution in [2.75, 3.05) is 0 Å². The summed E-state index contributed by atoms with van der Waals surface area (Å²) in [5, 5.41) is 1.86. The van der Waals surface area contributed by atoms with Gasteiger partial charge in [0.2, 0.25) is 0 Å². The highest BCUT2D eigenvalue weighted by Crippen LogP contribution is 2.30. The fraction of sp³-hybridized carbons (Fsp3) is 0.120. The Morgan fingerprint density at radius 3 is 2.24 bits per heavy atom. The lowest BCUT2D eigenvalue weighted by Gasteiger charge is -2.25. The molecule has 144 valence electrons. The number of fused-ring (bicyclic) bond motifs is 1. The highest BCUT2D eigenvalue weighted by atomic mass is 35.5. The van der Waals surface area contributed by atoms with Crippen molar-refractivity contribution in [2.24, 2.45) is 0 Å². The van der Waals surface area contributed by atoms with Crippen LogP contribution in [-0.2, 0) is 16.6 Å². The van der Waals surface area contributed by atoms with E-state index < -0.39 is 5.41 Å². The first-order valence-corrected chi connectivity index (χ1v) is 9.81. The Hall–Kier alpha value is -3.17. The molecule has 1 heterocycles. The van der Waals surface area contributed by atoms with E-state index in [4.69, 9.17) is 11.6 Å². The third-order valence-electron chi connectivity index (χ3n) is 5.35. The Labute approximate surface area is 174 Å². The zero-order valence-electron chi connectivity index (χ0n) is 16.0. The molecule has 0 radical (unpaired) electrons. The van der Waals surface area contributed by atoms with Gasteiger partial charge in [0.25, 0.3) is 5.56 Å². The predicted molar refractivity (Wildman–Crippen MR) is 118 cm³/mol. The Balaban J connectivity index is 1.95. The van der Waals surface area contributed by atoms with Crippen molar-refractivity contribution >= 4 is 28.7 Å². The van der Waals surface area contributed by atoms with E-state index in [2.05, 4.69) is 0 Å². The number of halogens is 1. The third kappa shape index (κ3) is 3.62. The molecule has 29 heavy (non-hydrogen) atoms. The van der Waals surface area contributed by atoms with Crippen molar-refractivity contribution in [3.05, 3.63) is 112 Å². The van der Waals surface area contributed by atoms with Crippen molar-refractivity contribution in [3.63, 3.8) is 0 Å². The molecule has 0 N–H and O–H groups in total. The van der Waals surface area contributed by atoms with E-state index in [-0.39, 0.29) is 5.56 Å². The van der Waals surface area contributed by atoms with E-state index in [1.165, 1.54) is 0 Å². The molecule has 4 aromatic rings. The largest absolute Gasteiger partial charge is 0.302 e. The SMILES string of the molecule is CC(C=O)(Cc1cn(-c2ccccc2)c(=O)c2cc(Cl)ccc12)c1ccccc1. The van der Waals surface area contributed by atoms with Crippen LogP contribution < -0.4 is 5.56 Å². The van der Waals surface area contributed by atoms with Crippen LogP contribution in [0.3, 0.4) is 0 Å². The maximum Gasteiger partial charge on any atom is 0.263 e. The minimum absolute atomic E-state index is 0.134. The maximum atomic E-state index is 13.2. The molecule has 0 aliphatic carbocycles. The van der Waals surface area contributed by atoms with Crippen molar-refractivity contribution in [2.45, 2.75) is 18.8 Å². The fourth-order valence-corrected chi connectivity index (χ4v) is 3.91. The number of hydrogen-bond donors (Lipinski definition) is 0. The molecule has 0 spiro atoms. The molecule has 1 aromatic heterocycles. The predicted octanol–water partition coefficient (Wildman–Crippen LogP) is 5.34. The van der Waals surface area contributed by atoms with Crippen LogP contribution in [0.4, 0.5) is 0 Å². The lowest BCUT2D eigenvalue weighted by atomic mass is 9.78. The van der Waals surface area contributed by atoms with Gasteiger partial charge < -0.3 is 4.79 Å². The summed E-state index contributed by atoms with van der Waals surface area (Å²) in [6.45, 7) is 1.93. The number of hydrogen-bond acceptors (Lipinski definition) is 2. The zero-order valence-corrected chi connectivity index (χ0v) is 16.8. The molecule has 0 saturated heterocycles. The Morgan fingerprint density at radius 2 is 1.59 bits per heavy atom. The van der Waals surface area contributed by atoms with Crippen LogP contribution >= 0.6 is 11.6 Å². The minimum Gasteiger partial charge on any atom is -0.302 e. The van der Waals surface area contributed by atoms with Crippen LogP contribution in [0, 0.1) is 0 Å². The van der Waals surface area contributed by atoms with Gasteiger partial charge in [0, 0.05) is 22.3 Å². The quantitative estimate of drug-likeness (QED) is 0.423. The summed E-state index contributed by atoms with van der Waals surface area (Å²) in [5.41, 5.74) is 1.78. The molecule has 1 atom stereocenters. The molecule has 4 heteroatoms. The van der Waals surface area contributed by atoms with E-state index in [1.807, 2.05) is 79.9 Å². The van der Waals surface area contributed by atoms with Gasteiger partial charge in [-0.2, -0.15) is 0 Å². The Bertz CT molecular complexity index is 1230. The molecule has 0 aliphatic heterocycles. The van der Waals surface area contributed by atoms with E-state index in [0.29, 0.717) is 16.8 Å². The van der Waals surface area contributed by atoms with Crippen molar-refractivity contribution in [1.29, 1.82) is 0 Å². The number of carbonyl (C=O) groups is 1. The Morgan fingerprint density at radius 1 is 0.931 bits per heavy atom. The second-order valence-corrected chi connectivity index (χ2v) is 7.87. The average Bonchev–Trinajstić information content (AvgIpc) is 2.77. The summed E-state index contributed by atoms with van der Waals surface area (Å²) in [6.07, 6.45) is 3.30. The first kappa shape index (κ1) is 19.2. The standard InChI is InChI=1S/C25H20ClNO2/c1-25(17-28,19-8-4-2-5-9-19)15-18-16-27(21-10-6-3-7-11-21)24(29)23-14-20(26)12-13-22(18)23/h2-14,16-17H,15H2,1H3. The van der Waals surface area contributed by atoms with Crippen LogP contribution in [0.25, 0.3) is 16.5 Å². The zero-order chi connectivity index (χ0) is 20.4. The van der Waals surface area contributed by atoms with Crippen LogP contribution in [0.2, 0.25) is 5.02 Å². The van der Waals surface area contributed by atoms with Gasteiger partial charge in [0.1, 0.15) is 6.29 Å². The third-order valence-corrected chi connectivity index (χ3v) is 5.58. The number of aromatic nitrogens is 1. The van der Waals surface area contributed by atoms with Gasteiger partial charge in [0.15, 0.2) is 0 Å². The lowest BCUT2D eigenvalue weighted by molar-refractivity contribution is -0.112. The average molecular weight is 402 g/mol. The monoisotopic (exact) mass is 401 g/mol. The van der Waals surface area contributed by atoms with Gasteiger partial charge in [-0.15, -0.1) is 0 Å². The number of carbonyl (C=O) groups excluding carboxylic acids is 1. The fourth-order valence-electron chi connectivity index (χ4n) is 3.73. The van der Waals surface area contributed by atoms with Crippen LogP contribution in [0.5, 0.6) is 0 Å². The maximum absolute atomic E-state index is 13.2. The van der Waals surface area contributed by atoms with Gasteiger partial charge in [-0.25, -0.2) is 0 Å². The normalized spacial score (nSPS) is 13.2. The van der Waals surface area contributed by atoms with Crippen LogP contribution in [0.1, 0.15) is 18.1 Å². The number of aldehydes is 1. The molecular weight excluding hydrogens is 382 g/mol. The van der Waals surface area contributed by atoms with Crippen LogP contribution in [-0.4, -0.2) is 10.9 Å². The summed E-state index contributed by atoms with van der Waals surface area (Å²) in [4.78, 5) is 25.3. The summed E-state index contributed by atoms with van der Waals surface area (Å²) < 4.78 is 1.63. The molecule has 3 nitrogen and oxygen atoms in total. The summed E-state index contributed by atoms with van der Waals surface area (Å²) >= 11 is 6.19. The van der Waals surface area contributed by atoms with Gasteiger partial charge in [-0.3, -0.25) is 9.36 Å². The smallest absolute Gasteiger partial charge is 0.263 e. The second-order valence-electron chi connectivity index (χ2n) is 7.43. The highest BCUT2D eigenvalue weighted by molar-refractivity contribution is 6.31. The van der Waals surface area contributed by atoms with E-state index >= 15 is 0 Å². The topological polar surface area (TPSA) is 39.1 Å². The van der Waals surface area contributed by atoms with Gasteiger partial charge in [-0.1, -0.05) is 66.2 Å². The molecule has 4 rings (SSSR count). The van der Waals surface area contributed by atoms with E-state index in [9.17, 15) is 9.59 Å². The molecule has 0 fully saturated rings. The van der Waals surface area contributed by atoms with Crippen LogP contribution in [0.15, 0.2) is 89.9 Å². The summed E-state index contributed by atoms with van der Waals surface area (Å²) in [5.74, 6) is 0. The number of para-hydroxylation sites is 1. The molecular formula is C25H20ClNO2. The number of benzene rings is 3. The minimum atomic E-state index is -0.716. The number of nitrogens with zero attached hydrogens (tertiary/aromatic N) is 1. The van der Waals surface area contributed by atoms with Crippen molar-refractivity contribution < 1.29 is 4.79 Å². The Kier molecular flexibility index (Phi) is 5.08. The first-order valence-electron chi connectivity index (χ1n) is 9.43. The van der Waals surface area contributed by atoms with E-state index in [1.54, 1.807) is 16.7 Å².